The monoisotopic (exact) mass is 356 g/mol. The molecule has 0 aliphatic carbocycles. The van der Waals surface area contributed by atoms with E-state index in [1.807, 2.05) is 0 Å². The first-order chi connectivity index (χ1) is 11.7. The third-order valence-corrected chi connectivity index (χ3v) is 4.73. The van der Waals surface area contributed by atoms with E-state index in [-0.39, 0.29) is 12.5 Å². The maximum absolute atomic E-state index is 12.7. The molecule has 0 bridgehead atoms. The van der Waals surface area contributed by atoms with Crippen molar-refractivity contribution in [3.8, 4) is 0 Å². The fraction of sp³-hybridized carbons (Fsp3) is 0.733. The number of amides is 4. The minimum absolute atomic E-state index is 0.122. The molecule has 140 valence electrons. The second-order valence-electron chi connectivity index (χ2n) is 6.53. The van der Waals surface area contributed by atoms with Gasteiger partial charge in [-0.15, -0.1) is 0 Å². The Morgan fingerprint density at radius 2 is 1.88 bits per heavy atom. The number of aliphatic hydroxyl groups excluding tert-OH is 1. The van der Waals surface area contributed by atoms with Gasteiger partial charge in [-0.1, -0.05) is 0 Å². The minimum atomic E-state index is -1.22. The van der Waals surface area contributed by atoms with Gasteiger partial charge < -0.3 is 31.1 Å². The van der Waals surface area contributed by atoms with E-state index in [1.165, 1.54) is 16.7 Å². The number of aliphatic hydroxyl groups is 1. The van der Waals surface area contributed by atoms with E-state index < -0.39 is 42.0 Å². The first-order valence-corrected chi connectivity index (χ1v) is 8.28. The average molecular weight is 356 g/mol. The van der Waals surface area contributed by atoms with Gasteiger partial charge in [0, 0.05) is 19.6 Å². The van der Waals surface area contributed by atoms with Gasteiger partial charge in [-0.05, 0) is 26.2 Å². The molecule has 0 aromatic rings. The predicted molar refractivity (Wildman–Crippen MR) is 85.2 cm³/mol. The molecule has 4 atom stereocenters. The normalized spacial score (nSPS) is 25.5. The Hall–Kier alpha value is -2.36. The number of hydrogen-bond acceptors (Lipinski definition) is 5. The van der Waals surface area contributed by atoms with Crippen molar-refractivity contribution in [3.05, 3.63) is 0 Å². The SMILES string of the molecule is C[C@@H](O)[C@H](NC(=O)[C@@H]1CCCN1C(=O)[C@H]1CCN(C(=O)O)C1)C(N)=O. The fourth-order valence-corrected chi connectivity index (χ4v) is 3.35. The Balaban J connectivity index is 2.02. The van der Waals surface area contributed by atoms with Crippen LogP contribution < -0.4 is 11.1 Å². The molecule has 0 spiro atoms. The summed E-state index contributed by atoms with van der Waals surface area (Å²) < 4.78 is 0. The molecule has 2 heterocycles. The van der Waals surface area contributed by atoms with Crippen LogP contribution in [-0.2, 0) is 14.4 Å². The van der Waals surface area contributed by atoms with Crippen molar-refractivity contribution in [2.45, 2.75) is 44.4 Å². The lowest BCUT2D eigenvalue weighted by molar-refractivity contribution is -0.142. The number of carbonyl (C=O) groups is 4. The van der Waals surface area contributed by atoms with Crippen molar-refractivity contribution in [1.82, 2.24) is 15.1 Å². The summed E-state index contributed by atoms with van der Waals surface area (Å²) in [5.74, 6) is -2.11. The molecule has 4 amide bonds. The molecule has 10 nitrogen and oxygen atoms in total. The van der Waals surface area contributed by atoms with Crippen LogP contribution in [0.5, 0.6) is 0 Å². The molecule has 0 aromatic carbocycles. The highest BCUT2D eigenvalue weighted by Gasteiger charge is 2.41. The summed E-state index contributed by atoms with van der Waals surface area (Å²) in [7, 11) is 0. The Bertz CT molecular complexity index is 566. The summed E-state index contributed by atoms with van der Waals surface area (Å²) >= 11 is 0. The number of primary amides is 1. The number of likely N-dealkylation sites (tertiary alicyclic amines) is 2. The molecule has 0 radical (unpaired) electrons. The largest absolute Gasteiger partial charge is 0.465 e. The smallest absolute Gasteiger partial charge is 0.407 e. The molecular formula is C15H24N4O6. The van der Waals surface area contributed by atoms with Crippen molar-refractivity contribution >= 4 is 23.8 Å². The standard InChI is InChI=1S/C15H24N4O6/c1-8(20)11(12(16)21)17-13(22)10-3-2-5-19(10)14(23)9-4-6-18(7-9)15(24)25/h8-11,20H,2-7H2,1H3,(H2,16,21)(H,17,22)(H,24,25)/t8-,9+,10+,11+/m1/s1. The quantitative estimate of drug-likeness (QED) is 0.462. The van der Waals surface area contributed by atoms with Gasteiger partial charge >= 0.3 is 6.09 Å². The second-order valence-corrected chi connectivity index (χ2v) is 6.53. The Morgan fingerprint density at radius 1 is 1.20 bits per heavy atom. The molecule has 0 unspecified atom stereocenters. The van der Waals surface area contributed by atoms with Gasteiger partial charge in [0.15, 0.2) is 0 Å². The summed E-state index contributed by atoms with van der Waals surface area (Å²) in [4.78, 5) is 50.0. The lowest BCUT2D eigenvalue weighted by Gasteiger charge is -2.28. The Morgan fingerprint density at radius 3 is 2.40 bits per heavy atom. The first-order valence-electron chi connectivity index (χ1n) is 8.28. The van der Waals surface area contributed by atoms with Crippen LogP contribution >= 0.6 is 0 Å². The summed E-state index contributed by atoms with van der Waals surface area (Å²) in [6, 6.07) is -1.97. The van der Waals surface area contributed by atoms with Gasteiger partial charge in [-0.25, -0.2) is 4.79 Å². The van der Waals surface area contributed by atoms with Gasteiger partial charge in [-0.2, -0.15) is 0 Å². The van der Waals surface area contributed by atoms with Crippen LogP contribution in [0.3, 0.4) is 0 Å². The van der Waals surface area contributed by atoms with E-state index >= 15 is 0 Å². The van der Waals surface area contributed by atoms with E-state index in [9.17, 15) is 24.3 Å². The van der Waals surface area contributed by atoms with E-state index in [0.717, 1.165) is 0 Å². The van der Waals surface area contributed by atoms with Gasteiger partial charge in [0.05, 0.1) is 12.0 Å². The summed E-state index contributed by atoms with van der Waals surface area (Å²) in [6.45, 7) is 2.15. The molecule has 0 saturated carbocycles. The third kappa shape index (κ3) is 4.19. The molecule has 2 fully saturated rings. The van der Waals surface area contributed by atoms with Crippen LogP contribution in [0, 0.1) is 5.92 Å². The number of rotatable bonds is 5. The molecular weight excluding hydrogens is 332 g/mol. The van der Waals surface area contributed by atoms with Crippen molar-refractivity contribution in [3.63, 3.8) is 0 Å². The van der Waals surface area contributed by atoms with Crippen molar-refractivity contribution in [1.29, 1.82) is 0 Å². The molecule has 10 heteroatoms. The van der Waals surface area contributed by atoms with Crippen LogP contribution in [0.1, 0.15) is 26.2 Å². The minimum Gasteiger partial charge on any atom is -0.465 e. The molecule has 0 aromatic heterocycles. The van der Waals surface area contributed by atoms with Gasteiger partial charge in [0.1, 0.15) is 12.1 Å². The highest BCUT2D eigenvalue weighted by Crippen LogP contribution is 2.25. The van der Waals surface area contributed by atoms with E-state index in [0.29, 0.717) is 32.4 Å². The number of nitrogens with one attached hydrogen (secondary N) is 1. The lowest BCUT2D eigenvalue weighted by Crippen LogP contribution is -2.56. The molecule has 25 heavy (non-hydrogen) atoms. The van der Waals surface area contributed by atoms with E-state index in [4.69, 9.17) is 10.8 Å². The summed E-state index contributed by atoms with van der Waals surface area (Å²) in [6.07, 6.45) is -0.709. The van der Waals surface area contributed by atoms with E-state index in [1.54, 1.807) is 0 Å². The topological polar surface area (TPSA) is 153 Å². The molecule has 2 aliphatic rings. The highest BCUT2D eigenvalue weighted by molar-refractivity contribution is 5.92. The number of nitrogens with two attached hydrogens (primary N) is 1. The number of nitrogens with zero attached hydrogens (tertiary/aromatic N) is 2. The average Bonchev–Trinajstić information content (AvgIpc) is 3.19. The van der Waals surface area contributed by atoms with Gasteiger partial charge in [0.2, 0.25) is 17.7 Å². The maximum atomic E-state index is 12.7. The van der Waals surface area contributed by atoms with Crippen LogP contribution in [0.4, 0.5) is 4.79 Å². The fourth-order valence-electron chi connectivity index (χ4n) is 3.35. The molecule has 2 rings (SSSR count). The summed E-state index contributed by atoms with van der Waals surface area (Å²) in [5.41, 5.74) is 5.17. The van der Waals surface area contributed by atoms with Crippen LogP contribution in [0.2, 0.25) is 0 Å². The van der Waals surface area contributed by atoms with Gasteiger partial charge in [-0.3, -0.25) is 14.4 Å². The predicted octanol–water partition coefficient (Wildman–Crippen LogP) is -1.67. The molecule has 2 saturated heterocycles. The van der Waals surface area contributed by atoms with E-state index in [2.05, 4.69) is 5.32 Å². The van der Waals surface area contributed by atoms with Crippen molar-refractivity contribution < 1.29 is 29.4 Å². The highest BCUT2D eigenvalue weighted by atomic mass is 16.4. The first kappa shape index (κ1) is 19.0. The zero-order valence-electron chi connectivity index (χ0n) is 14.1. The Labute approximate surface area is 144 Å². The van der Waals surface area contributed by atoms with Crippen molar-refractivity contribution in [2.75, 3.05) is 19.6 Å². The maximum Gasteiger partial charge on any atom is 0.407 e. The Kier molecular flexibility index (Phi) is 5.83. The van der Waals surface area contributed by atoms with Crippen LogP contribution in [0.25, 0.3) is 0 Å². The van der Waals surface area contributed by atoms with Crippen LogP contribution in [0.15, 0.2) is 0 Å². The zero-order valence-corrected chi connectivity index (χ0v) is 14.1. The number of hydrogen-bond donors (Lipinski definition) is 4. The van der Waals surface area contributed by atoms with Crippen molar-refractivity contribution in [2.24, 2.45) is 11.7 Å². The number of carboxylic acid groups (broad SMARTS) is 1. The lowest BCUT2D eigenvalue weighted by atomic mass is 10.1. The molecule has 5 N–H and O–H groups in total. The third-order valence-electron chi connectivity index (χ3n) is 4.73. The number of carbonyl (C=O) groups excluding carboxylic acids is 3. The van der Waals surface area contributed by atoms with Gasteiger partial charge in [0.25, 0.3) is 0 Å². The molecule has 2 aliphatic heterocycles. The second kappa shape index (κ2) is 7.68. The zero-order chi connectivity index (χ0) is 18.7. The van der Waals surface area contributed by atoms with Crippen LogP contribution in [-0.4, -0.2) is 81.6 Å². The summed E-state index contributed by atoms with van der Waals surface area (Å²) in [5, 5.41) is 20.9.